The SMILES string of the molecule is CN(C)CCN(C)C1CCC(N)CC1. The molecule has 1 fully saturated rings. The Balaban J connectivity index is 2.20. The summed E-state index contributed by atoms with van der Waals surface area (Å²) in [7, 11) is 6.50. The summed E-state index contributed by atoms with van der Waals surface area (Å²) >= 11 is 0. The van der Waals surface area contributed by atoms with Gasteiger partial charge in [-0.25, -0.2) is 0 Å². The van der Waals surface area contributed by atoms with E-state index in [1.165, 1.54) is 32.2 Å². The fraction of sp³-hybridized carbons (Fsp3) is 1.00. The van der Waals surface area contributed by atoms with E-state index in [0.717, 1.165) is 12.6 Å². The number of hydrogen-bond donors (Lipinski definition) is 1. The van der Waals surface area contributed by atoms with Gasteiger partial charge in [-0.05, 0) is 46.8 Å². The molecule has 84 valence electrons. The molecular weight excluding hydrogens is 174 g/mol. The average Bonchev–Trinajstić information content (AvgIpc) is 2.15. The molecule has 0 bridgehead atoms. The van der Waals surface area contributed by atoms with Crippen molar-refractivity contribution in [3.63, 3.8) is 0 Å². The molecule has 0 aromatic rings. The average molecular weight is 199 g/mol. The molecule has 0 radical (unpaired) electrons. The quantitative estimate of drug-likeness (QED) is 0.725. The van der Waals surface area contributed by atoms with Gasteiger partial charge in [-0.3, -0.25) is 0 Å². The van der Waals surface area contributed by atoms with Crippen LogP contribution in [0, 0.1) is 0 Å². The zero-order valence-electron chi connectivity index (χ0n) is 9.87. The highest BCUT2D eigenvalue weighted by molar-refractivity contribution is 4.79. The van der Waals surface area contributed by atoms with Gasteiger partial charge in [0.15, 0.2) is 0 Å². The van der Waals surface area contributed by atoms with Gasteiger partial charge in [0.2, 0.25) is 0 Å². The predicted octanol–water partition coefficient (Wildman–Crippen LogP) is 0.750. The van der Waals surface area contributed by atoms with Crippen molar-refractivity contribution in [3.05, 3.63) is 0 Å². The maximum atomic E-state index is 5.89. The maximum absolute atomic E-state index is 5.89. The van der Waals surface area contributed by atoms with E-state index in [4.69, 9.17) is 5.73 Å². The van der Waals surface area contributed by atoms with E-state index in [2.05, 4.69) is 30.9 Å². The Morgan fingerprint density at radius 2 is 1.57 bits per heavy atom. The van der Waals surface area contributed by atoms with Crippen molar-refractivity contribution in [2.75, 3.05) is 34.2 Å². The minimum atomic E-state index is 0.466. The largest absolute Gasteiger partial charge is 0.328 e. The Bertz CT molecular complexity index is 151. The highest BCUT2D eigenvalue weighted by atomic mass is 15.2. The van der Waals surface area contributed by atoms with Gasteiger partial charge in [0.1, 0.15) is 0 Å². The Morgan fingerprint density at radius 1 is 1.00 bits per heavy atom. The van der Waals surface area contributed by atoms with E-state index in [9.17, 15) is 0 Å². The van der Waals surface area contributed by atoms with Crippen LogP contribution in [-0.2, 0) is 0 Å². The predicted molar refractivity (Wildman–Crippen MR) is 61.4 cm³/mol. The first-order chi connectivity index (χ1) is 6.59. The monoisotopic (exact) mass is 199 g/mol. The molecule has 1 aliphatic carbocycles. The molecule has 0 heterocycles. The van der Waals surface area contributed by atoms with Gasteiger partial charge >= 0.3 is 0 Å². The summed E-state index contributed by atoms with van der Waals surface area (Å²) in [5.41, 5.74) is 5.89. The second-order valence-electron chi connectivity index (χ2n) is 4.85. The van der Waals surface area contributed by atoms with Crippen LogP contribution >= 0.6 is 0 Å². The zero-order chi connectivity index (χ0) is 10.6. The second kappa shape index (κ2) is 5.69. The normalized spacial score (nSPS) is 28.7. The van der Waals surface area contributed by atoms with Gasteiger partial charge in [-0.2, -0.15) is 0 Å². The van der Waals surface area contributed by atoms with Gasteiger partial charge in [0.05, 0.1) is 0 Å². The lowest BCUT2D eigenvalue weighted by Gasteiger charge is -2.34. The molecule has 0 saturated heterocycles. The van der Waals surface area contributed by atoms with Crippen LogP contribution in [-0.4, -0.2) is 56.1 Å². The van der Waals surface area contributed by atoms with Gasteiger partial charge in [0.25, 0.3) is 0 Å². The van der Waals surface area contributed by atoms with Gasteiger partial charge in [0, 0.05) is 25.2 Å². The van der Waals surface area contributed by atoms with E-state index >= 15 is 0 Å². The van der Waals surface area contributed by atoms with Crippen molar-refractivity contribution >= 4 is 0 Å². The van der Waals surface area contributed by atoms with E-state index in [1.54, 1.807) is 0 Å². The molecule has 0 spiro atoms. The molecule has 1 aliphatic rings. The maximum Gasteiger partial charge on any atom is 0.0109 e. The number of nitrogens with two attached hydrogens (primary N) is 1. The summed E-state index contributed by atoms with van der Waals surface area (Å²) in [6, 6.07) is 1.24. The van der Waals surface area contributed by atoms with Crippen LogP contribution < -0.4 is 5.73 Å². The summed E-state index contributed by atoms with van der Waals surface area (Å²) in [5.74, 6) is 0. The molecule has 0 atom stereocenters. The van der Waals surface area contributed by atoms with E-state index in [1.807, 2.05) is 0 Å². The molecule has 0 aromatic heterocycles. The summed E-state index contributed by atoms with van der Waals surface area (Å²) in [6.45, 7) is 2.33. The van der Waals surface area contributed by atoms with Gasteiger partial charge in [-0.15, -0.1) is 0 Å². The fourth-order valence-corrected chi connectivity index (χ4v) is 2.08. The molecule has 0 unspecified atom stereocenters. The Hall–Kier alpha value is -0.120. The van der Waals surface area contributed by atoms with Crippen LogP contribution in [0.15, 0.2) is 0 Å². The minimum absolute atomic E-state index is 0.466. The first kappa shape index (κ1) is 12.0. The molecule has 0 aromatic carbocycles. The standard InChI is InChI=1S/C11H25N3/c1-13(2)8-9-14(3)11-6-4-10(12)5-7-11/h10-11H,4-9,12H2,1-3H3. The minimum Gasteiger partial charge on any atom is -0.328 e. The van der Waals surface area contributed by atoms with Crippen LogP contribution in [0.3, 0.4) is 0 Å². The van der Waals surface area contributed by atoms with Crippen LogP contribution in [0.2, 0.25) is 0 Å². The van der Waals surface area contributed by atoms with Crippen LogP contribution in [0.1, 0.15) is 25.7 Å². The zero-order valence-corrected chi connectivity index (χ0v) is 9.87. The summed E-state index contributed by atoms with van der Waals surface area (Å²) in [5, 5.41) is 0. The van der Waals surface area contributed by atoms with Crippen molar-refractivity contribution in [2.24, 2.45) is 5.73 Å². The Morgan fingerprint density at radius 3 is 2.07 bits per heavy atom. The first-order valence-electron chi connectivity index (χ1n) is 5.70. The number of rotatable bonds is 4. The van der Waals surface area contributed by atoms with Gasteiger partial charge in [-0.1, -0.05) is 0 Å². The van der Waals surface area contributed by atoms with Crippen LogP contribution in [0.25, 0.3) is 0 Å². The number of hydrogen-bond acceptors (Lipinski definition) is 3. The molecule has 2 N–H and O–H groups in total. The van der Waals surface area contributed by atoms with Gasteiger partial charge < -0.3 is 15.5 Å². The summed E-state index contributed by atoms with van der Waals surface area (Å²) in [4.78, 5) is 4.73. The molecular formula is C11H25N3. The van der Waals surface area contributed by atoms with Crippen molar-refractivity contribution in [3.8, 4) is 0 Å². The Labute approximate surface area is 88.2 Å². The second-order valence-corrected chi connectivity index (χ2v) is 4.85. The van der Waals surface area contributed by atoms with E-state index in [0.29, 0.717) is 6.04 Å². The Kier molecular flexibility index (Phi) is 4.85. The third-order valence-corrected chi connectivity index (χ3v) is 3.26. The molecule has 1 saturated carbocycles. The molecule has 14 heavy (non-hydrogen) atoms. The van der Waals surface area contributed by atoms with Crippen molar-refractivity contribution in [1.29, 1.82) is 0 Å². The lowest BCUT2D eigenvalue weighted by molar-refractivity contribution is 0.170. The third-order valence-electron chi connectivity index (χ3n) is 3.26. The number of nitrogens with zero attached hydrogens (tertiary/aromatic N) is 2. The molecule has 0 amide bonds. The van der Waals surface area contributed by atoms with Crippen molar-refractivity contribution in [2.45, 2.75) is 37.8 Å². The molecule has 0 aliphatic heterocycles. The topological polar surface area (TPSA) is 32.5 Å². The third kappa shape index (κ3) is 3.95. The lowest BCUT2D eigenvalue weighted by Crippen LogP contribution is -2.41. The van der Waals surface area contributed by atoms with Crippen molar-refractivity contribution < 1.29 is 0 Å². The summed E-state index contributed by atoms with van der Waals surface area (Å²) < 4.78 is 0. The molecule has 1 rings (SSSR count). The molecule has 3 nitrogen and oxygen atoms in total. The van der Waals surface area contributed by atoms with E-state index in [-0.39, 0.29) is 0 Å². The van der Waals surface area contributed by atoms with Crippen molar-refractivity contribution in [1.82, 2.24) is 9.80 Å². The first-order valence-corrected chi connectivity index (χ1v) is 5.70. The van der Waals surface area contributed by atoms with Crippen LogP contribution in [0.5, 0.6) is 0 Å². The van der Waals surface area contributed by atoms with Crippen LogP contribution in [0.4, 0.5) is 0 Å². The number of likely N-dealkylation sites (N-methyl/N-ethyl adjacent to an activating group) is 2. The van der Waals surface area contributed by atoms with E-state index < -0.39 is 0 Å². The lowest BCUT2D eigenvalue weighted by atomic mass is 9.91. The molecule has 3 heteroatoms. The smallest absolute Gasteiger partial charge is 0.0109 e. The highest BCUT2D eigenvalue weighted by Gasteiger charge is 2.21. The fourth-order valence-electron chi connectivity index (χ4n) is 2.08. The highest BCUT2D eigenvalue weighted by Crippen LogP contribution is 2.20. The summed E-state index contributed by atoms with van der Waals surface area (Å²) in [6.07, 6.45) is 4.98.